The van der Waals surface area contributed by atoms with Crippen LogP contribution in [0, 0.1) is 17.0 Å². The van der Waals surface area contributed by atoms with Gasteiger partial charge in [-0.05, 0) is 24.6 Å². The molecule has 6 nitrogen and oxygen atoms in total. The molecule has 2 aromatic rings. The fourth-order valence-corrected chi connectivity index (χ4v) is 1.80. The number of rotatable bonds is 3. The van der Waals surface area contributed by atoms with E-state index >= 15 is 0 Å². The number of aryl methyl sites for hydroxylation is 1. The van der Waals surface area contributed by atoms with Gasteiger partial charge in [0.25, 0.3) is 11.2 Å². The van der Waals surface area contributed by atoms with Crippen LogP contribution in [0.3, 0.4) is 0 Å². The van der Waals surface area contributed by atoms with Gasteiger partial charge in [-0.3, -0.25) is 14.9 Å². The standard InChI is InChI=1S/C12H10ClN3O3/c1-8-2-5-12(17)15(14-8)7-9-6-10(16(18)19)3-4-11(9)13/h2-6H,7H2,1H3. The minimum atomic E-state index is -0.508. The van der Waals surface area contributed by atoms with Crippen molar-refractivity contribution < 1.29 is 4.92 Å². The Morgan fingerprint density at radius 1 is 1.37 bits per heavy atom. The number of hydrogen-bond acceptors (Lipinski definition) is 4. The summed E-state index contributed by atoms with van der Waals surface area (Å²) < 4.78 is 1.22. The van der Waals surface area contributed by atoms with E-state index in [2.05, 4.69) is 5.10 Å². The van der Waals surface area contributed by atoms with E-state index in [0.29, 0.717) is 16.3 Å². The quantitative estimate of drug-likeness (QED) is 0.637. The molecule has 0 aliphatic rings. The zero-order chi connectivity index (χ0) is 14.0. The fourth-order valence-electron chi connectivity index (χ4n) is 1.62. The third-order valence-electron chi connectivity index (χ3n) is 2.56. The van der Waals surface area contributed by atoms with Gasteiger partial charge in [0.15, 0.2) is 0 Å². The molecule has 19 heavy (non-hydrogen) atoms. The van der Waals surface area contributed by atoms with Crippen LogP contribution in [0.4, 0.5) is 5.69 Å². The van der Waals surface area contributed by atoms with Crippen LogP contribution in [0.2, 0.25) is 5.02 Å². The normalized spacial score (nSPS) is 10.4. The van der Waals surface area contributed by atoms with Gasteiger partial charge in [0.1, 0.15) is 0 Å². The van der Waals surface area contributed by atoms with Gasteiger partial charge in [-0.25, -0.2) is 4.68 Å². The van der Waals surface area contributed by atoms with E-state index in [-0.39, 0.29) is 17.8 Å². The molecule has 0 unspecified atom stereocenters. The number of non-ortho nitro benzene ring substituents is 1. The first kappa shape index (κ1) is 13.2. The van der Waals surface area contributed by atoms with Crippen molar-refractivity contribution >= 4 is 17.3 Å². The van der Waals surface area contributed by atoms with Crippen LogP contribution in [0.5, 0.6) is 0 Å². The van der Waals surface area contributed by atoms with Gasteiger partial charge in [0.2, 0.25) is 0 Å². The topological polar surface area (TPSA) is 78.0 Å². The van der Waals surface area contributed by atoms with E-state index in [1.165, 1.54) is 28.9 Å². The minimum absolute atomic E-state index is 0.0693. The Labute approximate surface area is 113 Å². The second-order valence-electron chi connectivity index (χ2n) is 4.00. The monoisotopic (exact) mass is 279 g/mol. The summed E-state index contributed by atoms with van der Waals surface area (Å²) in [5, 5.41) is 15.1. The second-order valence-corrected chi connectivity index (χ2v) is 4.41. The maximum atomic E-state index is 11.6. The van der Waals surface area contributed by atoms with Crippen LogP contribution in [-0.2, 0) is 6.54 Å². The molecule has 0 aliphatic carbocycles. The number of nitro groups is 1. The molecule has 1 aromatic carbocycles. The highest BCUT2D eigenvalue weighted by atomic mass is 35.5. The Kier molecular flexibility index (Phi) is 3.62. The van der Waals surface area contributed by atoms with Gasteiger partial charge >= 0.3 is 0 Å². The Bertz CT molecular complexity index is 697. The highest BCUT2D eigenvalue weighted by Gasteiger charge is 2.11. The predicted molar refractivity (Wildman–Crippen MR) is 70.4 cm³/mol. The van der Waals surface area contributed by atoms with Crippen molar-refractivity contribution in [3.05, 3.63) is 67.1 Å². The van der Waals surface area contributed by atoms with Crippen molar-refractivity contribution in [1.82, 2.24) is 9.78 Å². The molecule has 0 saturated heterocycles. The number of benzene rings is 1. The van der Waals surface area contributed by atoms with E-state index in [0.717, 1.165) is 0 Å². The molecule has 1 aromatic heterocycles. The Morgan fingerprint density at radius 2 is 2.11 bits per heavy atom. The summed E-state index contributed by atoms with van der Waals surface area (Å²) in [6.07, 6.45) is 0. The lowest BCUT2D eigenvalue weighted by Gasteiger charge is -2.07. The number of nitro benzene ring substituents is 1. The SMILES string of the molecule is Cc1ccc(=O)n(Cc2cc([N+](=O)[O-])ccc2Cl)n1. The second kappa shape index (κ2) is 5.19. The Hall–Kier alpha value is -2.21. The van der Waals surface area contributed by atoms with Crippen molar-refractivity contribution in [3.63, 3.8) is 0 Å². The summed E-state index contributed by atoms with van der Waals surface area (Å²) in [5.41, 5.74) is 0.811. The lowest BCUT2D eigenvalue weighted by Crippen LogP contribution is -2.23. The van der Waals surface area contributed by atoms with E-state index in [1.54, 1.807) is 13.0 Å². The lowest BCUT2D eigenvalue weighted by atomic mass is 10.2. The summed E-state index contributed by atoms with van der Waals surface area (Å²) in [6.45, 7) is 1.85. The van der Waals surface area contributed by atoms with Crippen molar-refractivity contribution in [2.45, 2.75) is 13.5 Å². The molecule has 7 heteroatoms. The summed E-state index contributed by atoms with van der Waals surface area (Å²) in [5.74, 6) is 0. The lowest BCUT2D eigenvalue weighted by molar-refractivity contribution is -0.384. The molecule has 1 heterocycles. The van der Waals surface area contributed by atoms with E-state index in [4.69, 9.17) is 11.6 Å². The van der Waals surface area contributed by atoms with Crippen LogP contribution in [0.1, 0.15) is 11.3 Å². The highest BCUT2D eigenvalue weighted by molar-refractivity contribution is 6.31. The molecule has 0 radical (unpaired) electrons. The molecular weight excluding hydrogens is 270 g/mol. The van der Waals surface area contributed by atoms with Crippen LogP contribution in [0.25, 0.3) is 0 Å². The maximum absolute atomic E-state index is 11.6. The Balaban J connectivity index is 2.43. The molecule has 0 atom stereocenters. The molecular formula is C12H10ClN3O3. The maximum Gasteiger partial charge on any atom is 0.269 e. The van der Waals surface area contributed by atoms with Crippen LogP contribution < -0.4 is 5.56 Å². The zero-order valence-corrected chi connectivity index (χ0v) is 10.8. The molecule has 0 N–H and O–H groups in total. The average Bonchev–Trinajstić information content (AvgIpc) is 2.36. The molecule has 0 aliphatic heterocycles. The van der Waals surface area contributed by atoms with Gasteiger partial charge in [-0.2, -0.15) is 5.10 Å². The molecule has 0 bridgehead atoms. The van der Waals surface area contributed by atoms with E-state index < -0.39 is 4.92 Å². The zero-order valence-electron chi connectivity index (χ0n) is 10.0. The fraction of sp³-hybridized carbons (Fsp3) is 0.167. The van der Waals surface area contributed by atoms with Crippen LogP contribution in [0.15, 0.2) is 35.1 Å². The molecule has 2 rings (SSSR count). The number of hydrogen-bond donors (Lipinski definition) is 0. The number of nitrogens with zero attached hydrogens (tertiary/aromatic N) is 3. The van der Waals surface area contributed by atoms with Crippen molar-refractivity contribution in [3.8, 4) is 0 Å². The minimum Gasteiger partial charge on any atom is -0.268 e. The van der Waals surface area contributed by atoms with Crippen LogP contribution >= 0.6 is 11.6 Å². The van der Waals surface area contributed by atoms with Gasteiger partial charge in [-0.1, -0.05) is 11.6 Å². The number of halogens is 1. The molecule has 0 spiro atoms. The van der Waals surface area contributed by atoms with Gasteiger partial charge in [0, 0.05) is 23.2 Å². The molecule has 0 amide bonds. The Morgan fingerprint density at radius 3 is 2.79 bits per heavy atom. The van der Waals surface area contributed by atoms with Gasteiger partial charge < -0.3 is 0 Å². The largest absolute Gasteiger partial charge is 0.269 e. The number of aromatic nitrogens is 2. The molecule has 0 fully saturated rings. The molecule has 0 saturated carbocycles. The summed E-state index contributed by atoms with van der Waals surface area (Å²) in [7, 11) is 0. The summed E-state index contributed by atoms with van der Waals surface area (Å²) in [4.78, 5) is 21.8. The van der Waals surface area contributed by atoms with Crippen molar-refractivity contribution in [1.29, 1.82) is 0 Å². The summed E-state index contributed by atoms with van der Waals surface area (Å²) >= 11 is 5.98. The van der Waals surface area contributed by atoms with Gasteiger partial charge in [-0.15, -0.1) is 0 Å². The average molecular weight is 280 g/mol. The highest BCUT2D eigenvalue weighted by Crippen LogP contribution is 2.22. The predicted octanol–water partition coefficient (Wildman–Crippen LogP) is 2.16. The van der Waals surface area contributed by atoms with E-state index in [9.17, 15) is 14.9 Å². The summed E-state index contributed by atoms with van der Waals surface area (Å²) in [6, 6.07) is 7.11. The third-order valence-corrected chi connectivity index (χ3v) is 2.93. The smallest absolute Gasteiger partial charge is 0.268 e. The van der Waals surface area contributed by atoms with Crippen molar-refractivity contribution in [2.75, 3.05) is 0 Å². The van der Waals surface area contributed by atoms with Crippen LogP contribution in [-0.4, -0.2) is 14.7 Å². The molecule has 98 valence electrons. The third kappa shape index (κ3) is 2.97. The first-order valence-electron chi connectivity index (χ1n) is 5.45. The first-order chi connectivity index (χ1) is 8.97. The van der Waals surface area contributed by atoms with Crippen molar-refractivity contribution in [2.24, 2.45) is 0 Å². The van der Waals surface area contributed by atoms with Gasteiger partial charge in [0.05, 0.1) is 17.2 Å². The van der Waals surface area contributed by atoms with E-state index in [1.807, 2.05) is 0 Å². The first-order valence-corrected chi connectivity index (χ1v) is 5.83.